The second kappa shape index (κ2) is 5.34. The Bertz CT molecular complexity index is 340. The van der Waals surface area contributed by atoms with Crippen molar-refractivity contribution in [3.63, 3.8) is 0 Å². The van der Waals surface area contributed by atoms with Gasteiger partial charge in [-0.05, 0) is 32.1 Å². The number of hydrogen-bond donors (Lipinski definition) is 1. The van der Waals surface area contributed by atoms with Crippen LogP contribution in [0.3, 0.4) is 0 Å². The van der Waals surface area contributed by atoms with Crippen LogP contribution in [0.25, 0.3) is 0 Å². The lowest BCUT2D eigenvalue weighted by Crippen LogP contribution is -2.55. The first kappa shape index (κ1) is 13.3. The molecule has 0 aromatic rings. The molecule has 19 heavy (non-hydrogen) atoms. The molecule has 1 aliphatic heterocycles. The normalized spacial score (nSPS) is 33.9. The van der Waals surface area contributed by atoms with E-state index in [0.29, 0.717) is 6.04 Å². The molecule has 1 heterocycles. The molecule has 1 atom stereocenters. The molecule has 0 radical (unpaired) electrons. The minimum Gasteiger partial charge on any atom is -0.370 e. The zero-order valence-electron chi connectivity index (χ0n) is 12.4. The Balaban J connectivity index is 1.72. The Labute approximate surface area is 117 Å². The van der Waals surface area contributed by atoms with Gasteiger partial charge in [0.2, 0.25) is 0 Å². The van der Waals surface area contributed by atoms with Gasteiger partial charge in [0.05, 0.1) is 12.1 Å². The highest BCUT2D eigenvalue weighted by atomic mass is 15.4. The first-order chi connectivity index (χ1) is 9.19. The van der Waals surface area contributed by atoms with Gasteiger partial charge in [-0.2, -0.15) is 0 Å². The van der Waals surface area contributed by atoms with Crippen LogP contribution in [0.2, 0.25) is 0 Å². The molecular formula is C16H29N3. The van der Waals surface area contributed by atoms with E-state index in [4.69, 9.17) is 5.73 Å². The summed E-state index contributed by atoms with van der Waals surface area (Å²) < 4.78 is 0. The lowest BCUT2D eigenvalue weighted by Gasteiger charge is -2.45. The van der Waals surface area contributed by atoms with E-state index in [1.807, 2.05) is 0 Å². The van der Waals surface area contributed by atoms with Crippen molar-refractivity contribution in [3.8, 4) is 0 Å². The van der Waals surface area contributed by atoms with Gasteiger partial charge in [-0.1, -0.05) is 44.9 Å². The maximum Gasteiger partial charge on any atom is 0.192 e. The summed E-state index contributed by atoms with van der Waals surface area (Å²) in [6.45, 7) is 3.32. The highest BCUT2D eigenvalue weighted by molar-refractivity contribution is 5.81. The lowest BCUT2D eigenvalue weighted by molar-refractivity contribution is 0.102. The predicted octanol–water partition coefficient (Wildman–Crippen LogP) is 3.29. The van der Waals surface area contributed by atoms with Crippen molar-refractivity contribution in [1.29, 1.82) is 0 Å². The van der Waals surface area contributed by atoms with Gasteiger partial charge in [0.15, 0.2) is 5.96 Å². The van der Waals surface area contributed by atoms with Crippen molar-refractivity contribution in [2.75, 3.05) is 6.54 Å². The average Bonchev–Trinajstić information content (AvgIpc) is 2.57. The molecule has 2 saturated carbocycles. The fourth-order valence-corrected chi connectivity index (χ4v) is 4.31. The quantitative estimate of drug-likeness (QED) is 0.794. The first-order valence-corrected chi connectivity index (χ1v) is 8.28. The summed E-state index contributed by atoms with van der Waals surface area (Å²) in [6, 6.07) is 0.652. The molecule has 3 rings (SSSR count). The van der Waals surface area contributed by atoms with Crippen molar-refractivity contribution in [2.24, 2.45) is 16.6 Å². The van der Waals surface area contributed by atoms with Crippen LogP contribution in [-0.4, -0.2) is 29.0 Å². The largest absolute Gasteiger partial charge is 0.370 e. The Hall–Kier alpha value is -0.730. The summed E-state index contributed by atoms with van der Waals surface area (Å²) in [4.78, 5) is 7.13. The van der Waals surface area contributed by atoms with Crippen LogP contribution in [0.15, 0.2) is 4.99 Å². The van der Waals surface area contributed by atoms with Gasteiger partial charge in [0.1, 0.15) is 0 Å². The topological polar surface area (TPSA) is 41.6 Å². The smallest absolute Gasteiger partial charge is 0.192 e. The van der Waals surface area contributed by atoms with Crippen molar-refractivity contribution >= 4 is 5.96 Å². The molecule has 0 aromatic carbocycles. The van der Waals surface area contributed by atoms with E-state index in [-0.39, 0.29) is 5.54 Å². The number of rotatable bonds is 3. The van der Waals surface area contributed by atoms with Crippen molar-refractivity contribution in [2.45, 2.75) is 82.7 Å². The van der Waals surface area contributed by atoms with Crippen molar-refractivity contribution in [3.05, 3.63) is 0 Å². The van der Waals surface area contributed by atoms with Gasteiger partial charge in [0, 0.05) is 6.04 Å². The SMILES string of the molecule is CC1(CC2CCC2)CN=C(N)N1C1CCCCCC1. The lowest BCUT2D eigenvalue weighted by atomic mass is 9.75. The molecule has 108 valence electrons. The van der Waals surface area contributed by atoms with Crippen LogP contribution < -0.4 is 5.73 Å². The second-order valence-corrected chi connectivity index (χ2v) is 7.19. The molecule has 0 aromatic heterocycles. The fourth-order valence-electron chi connectivity index (χ4n) is 4.31. The molecule has 3 aliphatic rings. The summed E-state index contributed by atoms with van der Waals surface area (Å²) in [5.74, 6) is 1.76. The summed E-state index contributed by atoms with van der Waals surface area (Å²) in [5, 5.41) is 0. The van der Waals surface area contributed by atoms with Crippen LogP contribution in [-0.2, 0) is 0 Å². The van der Waals surface area contributed by atoms with E-state index in [2.05, 4.69) is 16.8 Å². The Morgan fingerprint density at radius 2 is 1.79 bits per heavy atom. The molecule has 1 unspecified atom stereocenters. The van der Waals surface area contributed by atoms with E-state index in [0.717, 1.165) is 18.4 Å². The Morgan fingerprint density at radius 1 is 1.11 bits per heavy atom. The van der Waals surface area contributed by atoms with E-state index >= 15 is 0 Å². The Morgan fingerprint density at radius 3 is 2.37 bits per heavy atom. The summed E-state index contributed by atoms with van der Waals surface area (Å²) in [6.07, 6.45) is 13.8. The molecule has 0 saturated heterocycles. The van der Waals surface area contributed by atoms with Crippen LogP contribution in [0, 0.1) is 5.92 Å². The molecular weight excluding hydrogens is 234 g/mol. The highest BCUT2D eigenvalue weighted by Crippen LogP contribution is 2.40. The fraction of sp³-hybridized carbons (Fsp3) is 0.938. The second-order valence-electron chi connectivity index (χ2n) is 7.19. The third kappa shape index (κ3) is 2.61. The van der Waals surface area contributed by atoms with Crippen LogP contribution in [0.5, 0.6) is 0 Å². The van der Waals surface area contributed by atoms with Crippen molar-refractivity contribution < 1.29 is 0 Å². The zero-order valence-corrected chi connectivity index (χ0v) is 12.4. The van der Waals surface area contributed by atoms with Crippen molar-refractivity contribution in [1.82, 2.24) is 4.90 Å². The van der Waals surface area contributed by atoms with Crippen LogP contribution >= 0.6 is 0 Å². The van der Waals surface area contributed by atoms with Gasteiger partial charge < -0.3 is 10.6 Å². The van der Waals surface area contributed by atoms with Gasteiger partial charge in [-0.25, -0.2) is 0 Å². The van der Waals surface area contributed by atoms with E-state index in [1.165, 1.54) is 64.2 Å². The number of guanidine groups is 1. The van der Waals surface area contributed by atoms with Gasteiger partial charge in [-0.15, -0.1) is 0 Å². The van der Waals surface area contributed by atoms with E-state index < -0.39 is 0 Å². The first-order valence-electron chi connectivity index (χ1n) is 8.28. The minimum absolute atomic E-state index is 0.212. The molecule has 3 heteroatoms. The zero-order chi connectivity index (χ0) is 13.3. The summed E-state index contributed by atoms with van der Waals surface area (Å²) in [5.41, 5.74) is 6.46. The third-order valence-electron chi connectivity index (χ3n) is 5.55. The summed E-state index contributed by atoms with van der Waals surface area (Å²) in [7, 11) is 0. The standard InChI is InChI=1S/C16H29N3/c1-16(11-13-7-6-8-13)12-18-15(17)19(16)14-9-4-2-3-5-10-14/h13-14H,2-12H2,1H3,(H2,17,18). The predicted molar refractivity (Wildman–Crippen MR) is 80.2 cm³/mol. The molecule has 0 bridgehead atoms. The maximum absolute atomic E-state index is 6.25. The van der Waals surface area contributed by atoms with E-state index in [9.17, 15) is 0 Å². The van der Waals surface area contributed by atoms with E-state index in [1.54, 1.807) is 0 Å². The third-order valence-corrected chi connectivity index (χ3v) is 5.55. The average molecular weight is 263 g/mol. The monoisotopic (exact) mass is 263 g/mol. The number of nitrogens with zero attached hydrogens (tertiary/aromatic N) is 2. The van der Waals surface area contributed by atoms with Gasteiger partial charge in [-0.3, -0.25) is 4.99 Å². The number of aliphatic imine (C=N–C) groups is 1. The summed E-state index contributed by atoms with van der Waals surface area (Å²) >= 11 is 0. The maximum atomic E-state index is 6.25. The molecule has 3 nitrogen and oxygen atoms in total. The molecule has 0 amide bonds. The molecule has 0 spiro atoms. The minimum atomic E-state index is 0.212. The molecule has 2 aliphatic carbocycles. The highest BCUT2D eigenvalue weighted by Gasteiger charge is 2.43. The molecule has 2 N–H and O–H groups in total. The van der Waals surface area contributed by atoms with Gasteiger partial charge >= 0.3 is 0 Å². The number of hydrogen-bond acceptors (Lipinski definition) is 3. The van der Waals surface area contributed by atoms with Crippen LogP contribution in [0.1, 0.15) is 71.1 Å². The number of nitrogens with two attached hydrogens (primary N) is 1. The Kier molecular flexibility index (Phi) is 3.72. The van der Waals surface area contributed by atoms with Crippen LogP contribution in [0.4, 0.5) is 0 Å². The van der Waals surface area contributed by atoms with Gasteiger partial charge in [0.25, 0.3) is 0 Å². The molecule has 2 fully saturated rings.